The summed E-state index contributed by atoms with van der Waals surface area (Å²) in [5.74, 6) is 0.0960. The summed E-state index contributed by atoms with van der Waals surface area (Å²) in [5.41, 5.74) is 9.04. The molecule has 3 aromatic rings. The first kappa shape index (κ1) is 18.9. The Kier molecular flexibility index (Phi) is 4.66. The van der Waals surface area contributed by atoms with Crippen LogP contribution in [0, 0.1) is 18.8 Å². The number of amides is 2. The van der Waals surface area contributed by atoms with Crippen molar-refractivity contribution in [2.24, 2.45) is 11.8 Å². The first-order valence-corrected chi connectivity index (χ1v) is 9.49. The third kappa shape index (κ3) is 3.63. The summed E-state index contributed by atoms with van der Waals surface area (Å²) in [4.78, 5) is 34.8. The molecule has 1 aromatic carbocycles. The third-order valence-corrected chi connectivity index (χ3v) is 5.30. The minimum absolute atomic E-state index is 0.0154. The van der Waals surface area contributed by atoms with Crippen LogP contribution >= 0.6 is 0 Å². The number of pyridine rings is 2. The third-order valence-electron chi connectivity index (χ3n) is 5.30. The van der Waals surface area contributed by atoms with Crippen LogP contribution in [0.15, 0.2) is 42.6 Å². The number of nitrogens with two attached hydrogens (primary N) is 1. The molecule has 2 heterocycles. The molecule has 7 nitrogen and oxygen atoms in total. The molecule has 0 radical (unpaired) electrons. The maximum Gasteiger partial charge on any atom is 0.229 e. The van der Waals surface area contributed by atoms with Crippen LogP contribution in [-0.2, 0) is 9.59 Å². The highest BCUT2D eigenvalue weighted by atomic mass is 16.2. The van der Waals surface area contributed by atoms with Gasteiger partial charge < -0.3 is 16.0 Å². The lowest BCUT2D eigenvalue weighted by Gasteiger charge is -2.11. The van der Waals surface area contributed by atoms with Gasteiger partial charge >= 0.3 is 0 Å². The van der Waals surface area contributed by atoms with Crippen molar-refractivity contribution in [1.82, 2.24) is 14.9 Å². The van der Waals surface area contributed by atoms with Crippen LogP contribution in [-0.4, -0.2) is 40.8 Å². The number of rotatable bonds is 4. The molecular weight excluding hydrogens is 366 g/mol. The number of benzene rings is 1. The van der Waals surface area contributed by atoms with Crippen molar-refractivity contribution >= 4 is 34.2 Å². The standard InChI is InChI=1S/C22H23N5O2/c1-12-6-4-5-7-14(12)18-8-13-9-19(24-11-17(13)20(23)25-18)26-21(28)15-10-16(15)22(29)27(2)3/h4-9,11,15-16H,10H2,1-3H3,(H2,23,25)(H,24,26,28)/t15?,16-/m0/s1. The van der Waals surface area contributed by atoms with Gasteiger partial charge in [-0.1, -0.05) is 24.3 Å². The fourth-order valence-electron chi connectivity index (χ4n) is 3.55. The highest BCUT2D eigenvalue weighted by molar-refractivity contribution is 6.01. The van der Waals surface area contributed by atoms with Crippen molar-refractivity contribution in [2.75, 3.05) is 25.1 Å². The molecule has 1 fully saturated rings. The summed E-state index contributed by atoms with van der Waals surface area (Å²) >= 11 is 0. The monoisotopic (exact) mass is 389 g/mol. The summed E-state index contributed by atoms with van der Waals surface area (Å²) in [6.07, 6.45) is 2.19. The Hall–Kier alpha value is -3.48. The predicted molar refractivity (Wildman–Crippen MR) is 113 cm³/mol. The molecule has 29 heavy (non-hydrogen) atoms. The van der Waals surface area contributed by atoms with Crippen molar-refractivity contribution in [3.05, 3.63) is 48.2 Å². The highest BCUT2D eigenvalue weighted by Gasteiger charge is 2.48. The second kappa shape index (κ2) is 7.16. The van der Waals surface area contributed by atoms with Gasteiger partial charge in [-0.2, -0.15) is 0 Å². The topological polar surface area (TPSA) is 101 Å². The molecule has 0 aliphatic heterocycles. The van der Waals surface area contributed by atoms with E-state index in [0.29, 0.717) is 18.1 Å². The summed E-state index contributed by atoms with van der Waals surface area (Å²) in [5, 5.41) is 4.40. The molecule has 1 saturated carbocycles. The van der Waals surface area contributed by atoms with E-state index in [9.17, 15) is 9.59 Å². The van der Waals surface area contributed by atoms with Gasteiger partial charge in [-0.15, -0.1) is 0 Å². The lowest BCUT2D eigenvalue weighted by Crippen LogP contribution is -2.26. The number of aromatic nitrogens is 2. The first-order valence-electron chi connectivity index (χ1n) is 9.49. The molecule has 1 aliphatic rings. The van der Waals surface area contributed by atoms with Crippen molar-refractivity contribution < 1.29 is 9.59 Å². The van der Waals surface area contributed by atoms with Crippen molar-refractivity contribution in [2.45, 2.75) is 13.3 Å². The van der Waals surface area contributed by atoms with Gasteiger partial charge in [-0.05, 0) is 36.4 Å². The van der Waals surface area contributed by atoms with Crippen LogP contribution in [0.25, 0.3) is 22.0 Å². The predicted octanol–water partition coefficient (Wildman–Crippen LogP) is 2.85. The molecular formula is C22H23N5O2. The number of hydrogen-bond acceptors (Lipinski definition) is 5. The van der Waals surface area contributed by atoms with Crippen LogP contribution in [0.3, 0.4) is 0 Å². The minimum atomic E-state index is -0.299. The van der Waals surface area contributed by atoms with Crippen LogP contribution in [0.5, 0.6) is 0 Å². The number of carbonyl (C=O) groups is 2. The molecule has 2 amide bonds. The molecule has 1 aliphatic carbocycles. The number of anilines is 2. The number of nitrogen functional groups attached to an aromatic ring is 1. The van der Waals surface area contributed by atoms with Gasteiger partial charge in [0.1, 0.15) is 11.6 Å². The smallest absolute Gasteiger partial charge is 0.229 e. The zero-order chi connectivity index (χ0) is 20.7. The Morgan fingerprint density at radius 1 is 1.17 bits per heavy atom. The number of nitrogens with zero attached hydrogens (tertiary/aromatic N) is 3. The quantitative estimate of drug-likeness (QED) is 0.714. The van der Waals surface area contributed by atoms with E-state index in [-0.39, 0.29) is 23.7 Å². The summed E-state index contributed by atoms with van der Waals surface area (Å²) < 4.78 is 0. The molecule has 0 bridgehead atoms. The molecule has 3 N–H and O–H groups in total. The van der Waals surface area contributed by atoms with Gasteiger partial charge in [0.05, 0.1) is 17.5 Å². The van der Waals surface area contributed by atoms with Gasteiger partial charge in [0.25, 0.3) is 0 Å². The molecule has 0 saturated heterocycles. The number of nitrogens with one attached hydrogen (secondary N) is 1. The van der Waals surface area contributed by atoms with E-state index in [1.165, 1.54) is 4.90 Å². The average Bonchev–Trinajstić information content (AvgIpc) is 3.48. The van der Waals surface area contributed by atoms with Gasteiger partial charge in [-0.25, -0.2) is 9.97 Å². The zero-order valence-electron chi connectivity index (χ0n) is 16.6. The number of fused-ring (bicyclic) bond motifs is 1. The summed E-state index contributed by atoms with van der Waals surface area (Å²) in [7, 11) is 3.40. The van der Waals surface area contributed by atoms with Gasteiger partial charge in [0.2, 0.25) is 11.8 Å². The van der Waals surface area contributed by atoms with E-state index in [4.69, 9.17) is 5.73 Å². The van der Waals surface area contributed by atoms with E-state index in [1.54, 1.807) is 26.4 Å². The average molecular weight is 389 g/mol. The van der Waals surface area contributed by atoms with Crippen molar-refractivity contribution in [3.63, 3.8) is 0 Å². The Bertz CT molecular complexity index is 1130. The van der Waals surface area contributed by atoms with E-state index in [0.717, 1.165) is 27.6 Å². The van der Waals surface area contributed by atoms with E-state index >= 15 is 0 Å². The van der Waals surface area contributed by atoms with E-state index in [2.05, 4.69) is 15.3 Å². The first-order chi connectivity index (χ1) is 13.8. The molecule has 148 valence electrons. The Labute approximate surface area is 168 Å². The molecule has 2 atom stereocenters. The summed E-state index contributed by atoms with van der Waals surface area (Å²) in [6.45, 7) is 2.02. The van der Waals surface area contributed by atoms with Crippen LogP contribution in [0.2, 0.25) is 0 Å². The lowest BCUT2D eigenvalue weighted by molar-refractivity contribution is -0.131. The van der Waals surface area contributed by atoms with Gasteiger partial charge in [-0.3, -0.25) is 9.59 Å². The van der Waals surface area contributed by atoms with Gasteiger partial charge in [0, 0.05) is 31.2 Å². The fraction of sp³-hybridized carbons (Fsp3) is 0.273. The molecule has 0 spiro atoms. The molecule has 2 aromatic heterocycles. The zero-order valence-corrected chi connectivity index (χ0v) is 16.6. The molecule has 1 unspecified atom stereocenters. The highest BCUT2D eigenvalue weighted by Crippen LogP contribution is 2.40. The maximum absolute atomic E-state index is 12.5. The Balaban J connectivity index is 1.60. The Morgan fingerprint density at radius 2 is 1.93 bits per heavy atom. The van der Waals surface area contributed by atoms with E-state index in [1.807, 2.05) is 37.3 Å². The maximum atomic E-state index is 12.5. The fourth-order valence-corrected chi connectivity index (χ4v) is 3.55. The largest absolute Gasteiger partial charge is 0.383 e. The Morgan fingerprint density at radius 3 is 2.66 bits per heavy atom. The minimum Gasteiger partial charge on any atom is -0.383 e. The summed E-state index contributed by atoms with van der Waals surface area (Å²) in [6, 6.07) is 11.7. The van der Waals surface area contributed by atoms with Crippen LogP contribution < -0.4 is 11.1 Å². The molecule has 7 heteroatoms. The normalized spacial score (nSPS) is 17.8. The number of carbonyl (C=O) groups excluding carboxylic acids is 2. The van der Waals surface area contributed by atoms with Crippen LogP contribution in [0.4, 0.5) is 11.6 Å². The van der Waals surface area contributed by atoms with Crippen molar-refractivity contribution in [1.29, 1.82) is 0 Å². The number of aryl methyl sites for hydroxylation is 1. The van der Waals surface area contributed by atoms with Crippen molar-refractivity contribution in [3.8, 4) is 11.3 Å². The second-order valence-corrected chi connectivity index (χ2v) is 7.67. The van der Waals surface area contributed by atoms with Crippen LogP contribution in [0.1, 0.15) is 12.0 Å². The second-order valence-electron chi connectivity index (χ2n) is 7.67. The lowest BCUT2D eigenvalue weighted by atomic mass is 10.0. The van der Waals surface area contributed by atoms with Gasteiger partial charge in [0.15, 0.2) is 0 Å². The molecule has 4 rings (SSSR count). The SMILES string of the molecule is Cc1ccccc1-c1cc2cc(NC(=O)C3C[C@@H]3C(=O)N(C)C)ncc2c(N)n1. The van der Waals surface area contributed by atoms with E-state index < -0.39 is 0 Å². The number of hydrogen-bond donors (Lipinski definition) is 2.